The highest BCUT2D eigenvalue weighted by Crippen LogP contribution is 2.54. The van der Waals surface area contributed by atoms with E-state index in [4.69, 9.17) is 4.74 Å². The van der Waals surface area contributed by atoms with E-state index in [1.165, 1.54) is 12.1 Å². The first kappa shape index (κ1) is 17.1. The van der Waals surface area contributed by atoms with Gasteiger partial charge < -0.3 is 14.7 Å². The molecule has 2 aliphatic rings. The number of hydrogen-bond acceptors (Lipinski definition) is 5. The van der Waals surface area contributed by atoms with E-state index < -0.39 is 22.0 Å². The van der Waals surface area contributed by atoms with Crippen molar-refractivity contribution in [1.82, 2.24) is 0 Å². The van der Waals surface area contributed by atoms with Gasteiger partial charge in [-0.25, -0.2) is 4.79 Å². The lowest BCUT2D eigenvalue weighted by Crippen LogP contribution is -2.58. The van der Waals surface area contributed by atoms with E-state index in [2.05, 4.69) is 0 Å². The monoisotopic (exact) mass is 366 g/mol. The number of fused-ring (bicyclic) bond motifs is 2. The molecule has 0 aromatic heterocycles. The van der Waals surface area contributed by atoms with Gasteiger partial charge in [-0.15, -0.1) is 0 Å². The number of carbonyl (C=O) groups is 1. The number of carboxylic acids is 1. The van der Waals surface area contributed by atoms with E-state index in [-0.39, 0.29) is 11.3 Å². The van der Waals surface area contributed by atoms with Crippen molar-refractivity contribution in [3.05, 3.63) is 69.3 Å². The van der Waals surface area contributed by atoms with Crippen molar-refractivity contribution in [1.29, 1.82) is 0 Å². The predicted octanol–water partition coefficient (Wildman–Crippen LogP) is 3.82. The van der Waals surface area contributed by atoms with E-state index in [1.807, 2.05) is 37.9 Å². The van der Waals surface area contributed by atoms with Gasteiger partial charge in [0.25, 0.3) is 5.69 Å². The summed E-state index contributed by atoms with van der Waals surface area (Å²) in [5.41, 5.74) is 1.15. The maximum atomic E-state index is 11.2. The molecule has 1 N–H and O–H groups in total. The highest BCUT2D eigenvalue weighted by Gasteiger charge is 2.58. The molecule has 4 rings (SSSR count). The van der Waals surface area contributed by atoms with Gasteiger partial charge in [-0.1, -0.05) is 0 Å². The number of nitro benzene ring substituents is 1. The van der Waals surface area contributed by atoms with E-state index in [1.54, 1.807) is 24.3 Å². The number of carboxylic acid groups (broad SMARTS) is 1. The van der Waals surface area contributed by atoms with Crippen molar-refractivity contribution in [3.63, 3.8) is 0 Å². The van der Waals surface area contributed by atoms with Crippen molar-refractivity contribution in [3.8, 4) is 5.75 Å². The molecule has 0 saturated heterocycles. The SMILES string of the molecule is CN1c2ccc([N+](=O)[O-])cc2C(C)(C)[C@@]12C=Cc1cc(C(=O)O)ccc1O2. The Morgan fingerprint density at radius 1 is 1.22 bits per heavy atom. The maximum Gasteiger partial charge on any atom is 0.335 e. The van der Waals surface area contributed by atoms with Gasteiger partial charge in [0.05, 0.1) is 15.9 Å². The molecule has 0 aliphatic carbocycles. The van der Waals surface area contributed by atoms with Crippen LogP contribution in [0.15, 0.2) is 42.5 Å². The molecule has 0 radical (unpaired) electrons. The fraction of sp³-hybridized carbons (Fsp3) is 0.250. The second-order valence-corrected chi connectivity index (χ2v) is 7.33. The molecule has 2 heterocycles. The van der Waals surface area contributed by atoms with Crippen molar-refractivity contribution in [2.24, 2.45) is 0 Å². The predicted molar refractivity (Wildman–Crippen MR) is 100 cm³/mol. The van der Waals surface area contributed by atoms with Crippen LogP contribution in [0.1, 0.15) is 35.3 Å². The Kier molecular flexibility index (Phi) is 3.37. The van der Waals surface area contributed by atoms with Crippen molar-refractivity contribution in [2.45, 2.75) is 25.0 Å². The fourth-order valence-electron chi connectivity index (χ4n) is 4.05. The molecule has 1 spiro atoms. The number of likely N-dealkylation sites (N-methyl/N-ethyl adjacent to an activating group) is 1. The molecule has 0 fully saturated rings. The second-order valence-electron chi connectivity index (χ2n) is 7.33. The molecule has 0 unspecified atom stereocenters. The van der Waals surface area contributed by atoms with Gasteiger partial charge in [0.15, 0.2) is 0 Å². The number of rotatable bonds is 2. The molecule has 0 bridgehead atoms. The van der Waals surface area contributed by atoms with E-state index in [9.17, 15) is 20.0 Å². The standard InChI is InChI=1S/C20H18N2O5/c1-19(2)15-11-14(22(25)26)5-6-16(15)21(3)20(19)9-8-12-10-13(18(23)24)4-7-17(12)27-20/h4-11H,1-3H3,(H,23,24)/t20-/m0/s1. The zero-order valence-corrected chi connectivity index (χ0v) is 15.1. The number of ether oxygens (including phenoxy) is 1. The van der Waals surface area contributed by atoms with Crippen LogP contribution in [0.25, 0.3) is 6.08 Å². The van der Waals surface area contributed by atoms with Crippen LogP contribution in [-0.4, -0.2) is 28.8 Å². The Labute approximate surface area is 155 Å². The van der Waals surface area contributed by atoms with Crippen molar-refractivity contribution < 1.29 is 19.6 Å². The Morgan fingerprint density at radius 2 is 1.96 bits per heavy atom. The normalized spacial score (nSPS) is 21.5. The van der Waals surface area contributed by atoms with Crippen LogP contribution in [0.5, 0.6) is 5.75 Å². The first-order chi connectivity index (χ1) is 12.7. The molecule has 2 aromatic carbocycles. The van der Waals surface area contributed by atoms with Gasteiger partial charge in [0.2, 0.25) is 5.72 Å². The molecule has 2 aromatic rings. The molecular weight excluding hydrogens is 348 g/mol. The molecule has 7 heteroatoms. The Morgan fingerprint density at radius 3 is 2.63 bits per heavy atom. The Bertz CT molecular complexity index is 1030. The number of hydrogen-bond donors (Lipinski definition) is 1. The molecule has 1 atom stereocenters. The quantitative estimate of drug-likeness (QED) is 0.641. The lowest BCUT2D eigenvalue weighted by Gasteiger charge is -2.45. The largest absolute Gasteiger partial charge is 0.478 e. The number of nitrogens with zero attached hydrogens (tertiary/aromatic N) is 2. The minimum absolute atomic E-state index is 0.0403. The summed E-state index contributed by atoms with van der Waals surface area (Å²) in [5.74, 6) is -0.422. The van der Waals surface area contributed by atoms with Gasteiger partial charge in [0, 0.05) is 30.4 Å². The van der Waals surface area contributed by atoms with Gasteiger partial charge >= 0.3 is 5.97 Å². The van der Waals surface area contributed by atoms with Crippen molar-refractivity contribution in [2.75, 3.05) is 11.9 Å². The Hall–Kier alpha value is -3.35. The third kappa shape index (κ3) is 2.17. The summed E-state index contributed by atoms with van der Waals surface area (Å²) in [6.45, 7) is 3.97. The summed E-state index contributed by atoms with van der Waals surface area (Å²) in [7, 11) is 1.89. The minimum atomic E-state index is -0.996. The van der Waals surface area contributed by atoms with Crippen LogP contribution in [-0.2, 0) is 5.41 Å². The van der Waals surface area contributed by atoms with Crippen LogP contribution >= 0.6 is 0 Å². The summed E-state index contributed by atoms with van der Waals surface area (Å²) >= 11 is 0. The summed E-state index contributed by atoms with van der Waals surface area (Å²) in [5, 5.41) is 20.4. The lowest BCUT2D eigenvalue weighted by atomic mass is 9.76. The smallest absolute Gasteiger partial charge is 0.335 e. The first-order valence-electron chi connectivity index (χ1n) is 8.46. The molecular formula is C20H18N2O5. The number of nitro groups is 1. The highest BCUT2D eigenvalue weighted by atomic mass is 16.6. The van der Waals surface area contributed by atoms with Crippen LogP contribution in [0.4, 0.5) is 11.4 Å². The van der Waals surface area contributed by atoms with E-state index >= 15 is 0 Å². The van der Waals surface area contributed by atoms with Gasteiger partial charge in [-0.2, -0.15) is 0 Å². The third-order valence-electron chi connectivity index (χ3n) is 5.63. The van der Waals surface area contributed by atoms with Crippen LogP contribution in [0, 0.1) is 10.1 Å². The maximum absolute atomic E-state index is 11.2. The first-order valence-corrected chi connectivity index (χ1v) is 8.46. The molecule has 7 nitrogen and oxygen atoms in total. The van der Waals surface area contributed by atoms with Gasteiger partial charge in [-0.05, 0) is 55.8 Å². The number of anilines is 1. The van der Waals surface area contributed by atoms with E-state index in [0.717, 1.165) is 11.3 Å². The number of non-ortho nitro benzene ring substituents is 1. The van der Waals surface area contributed by atoms with Crippen LogP contribution in [0.2, 0.25) is 0 Å². The lowest BCUT2D eigenvalue weighted by molar-refractivity contribution is -0.384. The van der Waals surface area contributed by atoms with Gasteiger partial charge in [-0.3, -0.25) is 10.1 Å². The number of benzene rings is 2. The van der Waals surface area contributed by atoms with E-state index in [0.29, 0.717) is 11.3 Å². The summed E-state index contributed by atoms with van der Waals surface area (Å²) in [6, 6.07) is 9.56. The minimum Gasteiger partial charge on any atom is -0.478 e. The average molecular weight is 366 g/mol. The fourth-order valence-corrected chi connectivity index (χ4v) is 4.05. The third-order valence-corrected chi connectivity index (χ3v) is 5.63. The average Bonchev–Trinajstić information content (AvgIpc) is 2.79. The van der Waals surface area contributed by atoms with Crippen molar-refractivity contribution >= 4 is 23.4 Å². The molecule has 0 amide bonds. The Balaban J connectivity index is 1.83. The van der Waals surface area contributed by atoms with Gasteiger partial charge in [0.1, 0.15) is 5.75 Å². The molecule has 2 aliphatic heterocycles. The summed E-state index contributed by atoms with van der Waals surface area (Å²) < 4.78 is 6.40. The van der Waals surface area contributed by atoms with Crippen LogP contribution in [0.3, 0.4) is 0 Å². The van der Waals surface area contributed by atoms with Crippen LogP contribution < -0.4 is 9.64 Å². The zero-order valence-electron chi connectivity index (χ0n) is 15.1. The number of aromatic carboxylic acids is 1. The molecule has 138 valence electrons. The zero-order chi connectivity index (χ0) is 19.6. The highest BCUT2D eigenvalue weighted by molar-refractivity contribution is 5.89. The molecule has 27 heavy (non-hydrogen) atoms. The summed E-state index contributed by atoms with van der Waals surface area (Å²) in [6.07, 6.45) is 3.75. The second kappa shape index (κ2) is 5.33. The molecule has 0 saturated carbocycles. The topological polar surface area (TPSA) is 92.9 Å². The summed E-state index contributed by atoms with van der Waals surface area (Å²) in [4.78, 5) is 24.0.